The molecule has 2 bridgehead atoms. The van der Waals surface area contributed by atoms with Crippen molar-refractivity contribution in [1.29, 1.82) is 0 Å². The van der Waals surface area contributed by atoms with Gasteiger partial charge in [-0.15, -0.1) is 0 Å². The fourth-order valence-electron chi connectivity index (χ4n) is 5.04. The Bertz CT molecular complexity index is 1460. The Labute approximate surface area is 254 Å². The minimum absolute atomic E-state index is 0.129. The van der Waals surface area contributed by atoms with Crippen LogP contribution in [0.3, 0.4) is 0 Å². The van der Waals surface area contributed by atoms with Gasteiger partial charge in [0.05, 0.1) is 19.4 Å². The predicted octanol–water partition coefficient (Wildman–Crippen LogP) is 6.65. The van der Waals surface area contributed by atoms with Gasteiger partial charge < -0.3 is 19.5 Å². The number of benzene rings is 3. The molecule has 1 aromatic heterocycles. The summed E-state index contributed by atoms with van der Waals surface area (Å²) in [5.74, 6) is 2.71. The van der Waals surface area contributed by atoms with Gasteiger partial charge >= 0.3 is 0 Å². The zero-order valence-corrected chi connectivity index (χ0v) is 25.1. The first-order valence-corrected chi connectivity index (χ1v) is 15.1. The lowest BCUT2D eigenvalue weighted by Crippen LogP contribution is -2.29. The molecule has 0 spiro atoms. The molecule has 1 N–H and O–H groups in total. The monoisotopic (exact) mass is 579 g/mol. The van der Waals surface area contributed by atoms with Gasteiger partial charge in [0.1, 0.15) is 23.9 Å². The van der Waals surface area contributed by atoms with Crippen LogP contribution in [0.4, 0.5) is 0 Å². The van der Waals surface area contributed by atoms with Crippen molar-refractivity contribution in [3.63, 3.8) is 0 Å². The first-order chi connectivity index (χ1) is 21.0. The van der Waals surface area contributed by atoms with Crippen molar-refractivity contribution in [2.24, 2.45) is 5.92 Å². The van der Waals surface area contributed by atoms with Gasteiger partial charge in [-0.2, -0.15) is 0 Å². The quantitative estimate of drug-likeness (QED) is 0.252. The third-order valence-electron chi connectivity index (χ3n) is 7.42. The summed E-state index contributed by atoms with van der Waals surface area (Å²) in [7, 11) is 0. The van der Waals surface area contributed by atoms with Gasteiger partial charge in [0.15, 0.2) is 0 Å². The van der Waals surface area contributed by atoms with Gasteiger partial charge in [-0.25, -0.2) is 0 Å². The van der Waals surface area contributed by atoms with Crippen LogP contribution < -0.4 is 14.8 Å². The van der Waals surface area contributed by atoms with E-state index in [1.54, 1.807) is 12.4 Å². The van der Waals surface area contributed by atoms with Crippen LogP contribution in [0.15, 0.2) is 91.3 Å². The minimum Gasteiger partial charge on any atom is -0.491 e. The van der Waals surface area contributed by atoms with E-state index < -0.39 is 0 Å². The molecule has 224 valence electrons. The zero-order valence-electron chi connectivity index (χ0n) is 25.1. The maximum absolute atomic E-state index is 13.2. The number of amides is 1. The van der Waals surface area contributed by atoms with Crippen molar-refractivity contribution in [3.05, 3.63) is 119 Å². The molecule has 2 heterocycles. The van der Waals surface area contributed by atoms with E-state index in [9.17, 15) is 4.79 Å². The van der Waals surface area contributed by atoms with E-state index in [0.717, 1.165) is 42.9 Å². The maximum atomic E-state index is 13.2. The number of nitrogens with zero attached hydrogens (tertiary/aromatic N) is 2. The van der Waals surface area contributed by atoms with Crippen molar-refractivity contribution >= 4 is 5.91 Å². The fourth-order valence-corrected chi connectivity index (χ4v) is 5.04. The fraction of sp³-hybridized carbons (Fsp3) is 0.333. The Hall–Kier alpha value is -4.20. The molecule has 43 heavy (non-hydrogen) atoms. The average Bonchev–Trinajstić information content (AvgIpc) is 3.01. The predicted molar refractivity (Wildman–Crippen MR) is 169 cm³/mol. The number of carbonyl (C=O) groups excluding carboxylic acids is 1. The summed E-state index contributed by atoms with van der Waals surface area (Å²) in [5, 5.41) is 3.05. The number of fused-ring (bicyclic) bond motifs is 3. The van der Waals surface area contributed by atoms with Crippen molar-refractivity contribution in [1.82, 2.24) is 15.2 Å². The molecule has 5 rings (SSSR count). The smallest absolute Gasteiger partial charge is 0.251 e. The highest BCUT2D eigenvalue weighted by Gasteiger charge is 2.14. The van der Waals surface area contributed by atoms with E-state index in [0.29, 0.717) is 55.8 Å². The third-order valence-corrected chi connectivity index (χ3v) is 7.42. The summed E-state index contributed by atoms with van der Waals surface area (Å²) in [6, 6.07) is 25.8. The largest absolute Gasteiger partial charge is 0.491 e. The molecule has 1 aliphatic heterocycles. The van der Waals surface area contributed by atoms with E-state index in [4.69, 9.17) is 14.2 Å². The molecule has 0 aliphatic carbocycles. The van der Waals surface area contributed by atoms with E-state index in [1.165, 1.54) is 11.1 Å². The van der Waals surface area contributed by atoms with Gasteiger partial charge in [0, 0.05) is 37.8 Å². The van der Waals surface area contributed by atoms with Crippen LogP contribution in [0.1, 0.15) is 52.9 Å². The molecule has 4 aromatic rings. The molecular weight excluding hydrogens is 538 g/mol. The number of aromatic nitrogens is 1. The number of pyridine rings is 1. The van der Waals surface area contributed by atoms with Crippen LogP contribution in [0.5, 0.6) is 17.2 Å². The Morgan fingerprint density at radius 3 is 2.63 bits per heavy atom. The molecule has 0 saturated carbocycles. The van der Waals surface area contributed by atoms with Crippen LogP contribution >= 0.6 is 0 Å². The molecule has 0 radical (unpaired) electrons. The molecule has 7 heteroatoms. The summed E-state index contributed by atoms with van der Waals surface area (Å²) < 4.78 is 17.9. The summed E-state index contributed by atoms with van der Waals surface area (Å²) in [6.45, 7) is 9.45. The molecule has 1 amide bonds. The van der Waals surface area contributed by atoms with Crippen molar-refractivity contribution in [2.75, 3.05) is 32.9 Å². The average molecular weight is 580 g/mol. The maximum Gasteiger partial charge on any atom is 0.251 e. The van der Waals surface area contributed by atoms with E-state index >= 15 is 0 Å². The first-order valence-electron chi connectivity index (χ1n) is 15.1. The number of nitrogens with one attached hydrogen (secondary N) is 1. The second kappa shape index (κ2) is 15.3. The Morgan fingerprint density at radius 2 is 1.81 bits per heavy atom. The first kappa shape index (κ1) is 30.3. The van der Waals surface area contributed by atoms with Crippen molar-refractivity contribution in [2.45, 2.75) is 39.8 Å². The molecule has 3 aromatic carbocycles. The van der Waals surface area contributed by atoms with Gasteiger partial charge in [0.25, 0.3) is 5.91 Å². The lowest BCUT2D eigenvalue weighted by molar-refractivity contribution is 0.0764. The lowest BCUT2D eigenvalue weighted by Gasteiger charge is -2.24. The van der Waals surface area contributed by atoms with Gasteiger partial charge in [-0.05, 0) is 83.6 Å². The van der Waals surface area contributed by atoms with Crippen LogP contribution in [0, 0.1) is 5.92 Å². The Kier molecular flexibility index (Phi) is 10.8. The Morgan fingerprint density at radius 1 is 0.953 bits per heavy atom. The topological polar surface area (TPSA) is 72.9 Å². The van der Waals surface area contributed by atoms with Crippen LogP contribution in [0.2, 0.25) is 0 Å². The van der Waals surface area contributed by atoms with Gasteiger partial charge in [0.2, 0.25) is 0 Å². The van der Waals surface area contributed by atoms with Gasteiger partial charge in [-0.1, -0.05) is 50.2 Å². The highest BCUT2D eigenvalue weighted by Crippen LogP contribution is 2.25. The molecule has 0 saturated heterocycles. The van der Waals surface area contributed by atoms with Crippen molar-refractivity contribution in [3.8, 4) is 17.2 Å². The van der Waals surface area contributed by atoms with Crippen LogP contribution in [-0.4, -0.2) is 48.7 Å². The summed E-state index contributed by atoms with van der Waals surface area (Å²) in [5.41, 5.74) is 5.05. The molecular formula is C36H41N3O4. The second-order valence-electron chi connectivity index (χ2n) is 11.4. The second-order valence-corrected chi connectivity index (χ2v) is 11.4. The normalized spacial score (nSPS) is 14.3. The van der Waals surface area contributed by atoms with Crippen LogP contribution in [0.25, 0.3) is 0 Å². The number of hydrogen-bond acceptors (Lipinski definition) is 6. The zero-order chi connectivity index (χ0) is 29.9. The van der Waals surface area contributed by atoms with E-state index in [1.807, 2.05) is 54.6 Å². The highest BCUT2D eigenvalue weighted by atomic mass is 16.5. The minimum atomic E-state index is -0.129. The number of hydrogen-bond donors (Lipinski definition) is 1. The van der Waals surface area contributed by atoms with E-state index in [2.05, 4.69) is 53.3 Å². The molecule has 0 unspecified atom stereocenters. The summed E-state index contributed by atoms with van der Waals surface area (Å²) >= 11 is 0. The SMILES string of the molecule is CC(C)CCN1CCOCCOc2ccc(C(=O)NCc3ccc(Oc4cccnc4)cc3)cc2Cc2cccc(c2)C1. The molecule has 0 atom stereocenters. The lowest BCUT2D eigenvalue weighted by atomic mass is 9.99. The molecule has 7 nitrogen and oxygen atoms in total. The number of ether oxygens (including phenoxy) is 3. The molecule has 0 fully saturated rings. The molecule has 1 aliphatic rings. The summed E-state index contributed by atoms with van der Waals surface area (Å²) in [4.78, 5) is 19.7. The van der Waals surface area contributed by atoms with E-state index in [-0.39, 0.29) is 5.91 Å². The summed E-state index contributed by atoms with van der Waals surface area (Å²) in [6.07, 6.45) is 5.21. The number of carbonyl (C=O) groups is 1. The number of rotatable bonds is 8. The third kappa shape index (κ3) is 9.40. The van der Waals surface area contributed by atoms with Crippen LogP contribution in [-0.2, 0) is 24.2 Å². The Balaban J connectivity index is 1.26. The standard InChI is InChI=1S/C36H41N3O4/c1-27(2)14-16-39-17-18-41-19-20-42-35-13-10-31(23-32(35)22-29-5-3-6-30(21-29)26-39)36(40)38-24-28-8-11-33(12-9-28)43-34-7-4-15-37-25-34/h3-13,15,21,23,25,27H,14,16-20,22,24,26H2,1-2H3,(H,38,40). The highest BCUT2D eigenvalue weighted by molar-refractivity contribution is 5.94. The van der Waals surface area contributed by atoms with Crippen molar-refractivity contribution < 1.29 is 19.0 Å². The van der Waals surface area contributed by atoms with Gasteiger partial charge in [-0.3, -0.25) is 14.7 Å².